The summed E-state index contributed by atoms with van der Waals surface area (Å²) in [6.07, 6.45) is 0.979. The number of aliphatic hydroxyl groups is 1. The van der Waals surface area contributed by atoms with Crippen molar-refractivity contribution >= 4 is 0 Å². The molecule has 0 aliphatic rings. The van der Waals surface area contributed by atoms with Crippen LogP contribution in [0.4, 0.5) is 0 Å². The van der Waals surface area contributed by atoms with Gasteiger partial charge in [0.1, 0.15) is 11.2 Å². The molecule has 0 aromatic rings. The molecule has 0 aromatic carbocycles. The minimum Gasteiger partial charge on any atom is -0.394 e. The Balaban J connectivity index is 5.16. The molecule has 0 spiro atoms. The van der Waals surface area contributed by atoms with Gasteiger partial charge in [0, 0.05) is 6.61 Å². The van der Waals surface area contributed by atoms with Gasteiger partial charge in [0.2, 0.25) is 0 Å². The number of hydrogen-bond donors (Lipinski definition) is 1. The average molecular weight is 284 g/mol. The van der Waals surface area contributed by atoms with Gasteiger partial charge in [0.25, 0.3) is 0 Å². The number of hydrogen-bond acceptors (Lipinski definition) is 3. The lowest BCUT2D eigenvalue weighted by atomic mass is 9.88. The van der Waals surface area contributed by atoms with Crippen molar-refractivity contribution < 1.29 is 14.6 Å². The molecule has 0 radical (unpaired) electrons. The maximum Gasteiger partial charge on any atom is 0.128 e. The predicted molar refractivity (Wildman–Crippen MR) is 83.5 cm³/mol. The molecule has 0 aliphatic carbocycles. The Labute approximate surface area is 125 Å². The normalized spacial score (nSPS) is 17.5. The Morgan fingerprint density at radius 3 is 1.60 bits per heavy atom. The summed E-state index contributed by atoms with van der Waals surface area (Å²) in [4.78, 5) is 0. The summed E-state index contributed by atoms with van der Waals surface area (Å²) in [7, 11) is 0. The Hall–Kier alpha value is -0.560. The van der Waals surface area contributed by atoms with E-state index in [-0.39, 0.29) is 12.5 Å². The fourth-order valence-corrected chi connectivity index (χ4v) is 1.51. The Kier molecular flexibility index (Phi) is 8.42. The van der Waals surface area contributed by atoms with Crippen LogP contribution in [0.25, 0.3) is 0 Å². The Morgan fingerprint density at radius 1 is 0.900 bits per heavy atom. The van der Waals surface area contributed by atoms with E-state index in [1.165, 1.54) is 0 Å². The van der Waals surface area contributed by atoms with Crippen LogP contribution in [-0.4, -0.2) is 36.1 Å². The molecule has 3 heteroatoms. The number of rotatable bonds is 8. The highest BCUT2D eigenvalue weighted by atomic mass is 16.5. The van der Waals surface area contributed by atoms with E-state index in [1.54, 1.807) is 0 Å². The quantitative estimate of drug-likeness (QED) is 0.695. The minimum atomic E-state index is -0.561. The third-order valence-electron chi connectivity index (χ3n) is 3.86. The van der Waals surface area contributed by atoms with E-state index in [9.17, 15) is 0 Å². The first-order chi connectivity index (χ1) is 9.22. The average Bonchev–Trinajstić information content (AvgIpc) is 2.40. The monoisotopic (exact) mass is 284 g/mol. The Bertz CT molecular complexity index is 297. The summed E-state index contributed by atoms with van der Waals surface area (Å²) >= 11 is 0. The predicted octanol–water partition coefficient (Wildman–Crippen LogP) is 3.25. The van der Waals surface area contributed by atoms with Crippen molar-refractivity contribution in [3.05, 3.63) is 0 Å². The molecule has 0 heterocycles. The van der Waals surface area contributed by atoms with Crippen LogP contribution in [0.2, 0.25) is 0 Å². The zero-order chi connectivity index (χ0) is 15.8. The molecule has 0 rings (SSSR count). The van der Waals surface area contributed by atoms with Crippen molar-refractivity contribution in [2.75, 3.05) is 19.8 Å². The van der Waals surface area contributed by atoms with Crippen LogP contribution < -0.4 is 0 Å². The van der Waals surface area contributed by atoms with Crippen LogP contribution in [0.3, 0.4) is 0 Å². The molecular weight excluding hydrogens is 252 g/mol. The molecule has 0 amide bonds. The first kappa shape index (κ1) is 19.4. The van der Waals surface area contributed by atoms with Crippen LogP contribution in [0.5, 0.6) is 0 Å². The number of ether oxygens (including phenoxy) is 2. The van der Waals surface area contributed by atoms with Crippen molar-refractivity contribution in [1.29, 1.82) is 0 Å². The summed E-state index contributed by atoms with van der Waals surface area (Å²) in [5.74, 6) is 7.08. The van der Waals surface area contributed by atoms with Gasteiger partial charge in [-0.1, -0.05) is 46.5 Å². The largest absolute Gasteiger partial charge is 0.394 e. The van der Waals surface area contributed by atoms with Crippen molar-refractivity contribution in [2.24, 2.45) is 11.8 Å². The molecule has 0 saturated carbocycles. The molecule has 0 fully saturated rings. The van der Waals surface area contributed by atoms with E-state index in [0.29, 0.717) is 19.1 Å². The summed E-state index contributed by atoms with van der Waals surface area (Å²) in [6, 6.07) is 0. The zero-order valence-electron chi connectivity index (χ0n) is 14.2. The third-order valence-corrected chi connectivity index (χ3v) is 3.86. The topological polar surface area (TPSA) is 38.7 Å². The third kappa shape index (κ3) is 5.83. The molecule has 0 aliphatic heterocycles. The first-order valence-corrected chi connectivity index (χ1v) is 7.65. The molecule has 20 heavy (non-hydrogen) atoms. The Morgan fingerprint density at radius 2 is 1.30 bits per heavy atom. The molecule has 2 unspecified atom stereocenters. The molecule has 0 saturated heterocycles. The van der Waals surface area contributed by atoms with E-state index < -0.39 is 11.2 Å². The van der Waals surface area contributed by atoms with Crippen LogP contribution in [-0.2, 0) is 9.47 Å². The van der Waals surface area contributed by atoms with Crippen LogP contribution in [0.15, 0.2) is 0 Å². The van der Waals surface area contributed by atoms with E-state index in [0.717, 1.165) is 6.42 Å². The maximum atomic E-state index is 8.95. The molecule has 0 bridgehead atoms. The van der Waals surface area contributed by atoms with Gasteiger partial charge in [-0.3, -0.25) is 0 Å². The van der Waals surface area contributed by atoms with E-state index in [2.05, 4.69) is 46.5 Å². The summed E-state index contributed by atoms with van der Waals surface area (Å²) in [5, 5.41) is 8.95. The van der Waals surface area contributed by atoms with Gasteiger partial charge in [-0.15, -0.1) is 0 Å². The highest BCUT2D eigenvalue weighted by Gasteiger charge is 2.31. The SMILES string of the molecule is CCCOC(C)(C#CC(C)(OCCO)C(C)C)C(C)C. The van der Waals surface area contributed by atoms with Crippen LogP contribution >= 0.6 is 0 Å². The van der Waals surface area contributed by atoms with Gasteiger partial charge >= 0.3 is 0 Å². The summed E-state index contributed by atoms with van der Waals surface area (Å²) in [6.45, 7) is 15.5. The molecule has 118 valence electrons. The highest BCUT2D eigenvalue weighted by Crippen LogP contribution is 2.24. The van der Waals surface area contributed by atoms with E-state index in [4.69, 9.17) is 14.6 Å². The van der Waals surface area contributed by atoms with Gasteiger partial charge in [-0.05, 0) is 32.1 Å². The first-order valence-electron chi connectivity index (χ1n) is 7.65. The lowest BCUT2D eigenvalue weighted by Crippen LogP contribution is -2.38. The van der Waals surface area contributed by atoms with Crippen molar-refractivity contribution in [3.8, 4) is 11.8 Å². The van der Waals surface area contributed by atoms with Crippen molar-refractivity contribution in [3.63, 3.8) is 0 Å². The molecule has 1 N–H and O–H groups in total. The molecule has 3 nitrogen and oxygen atoms in total. The molecule has 2 atom stereocenters. The van der Waals surface area contributed by atoms with Gasteiger partial charge in [0.15, 0.2) is 0 Å². The fourth-order valence-electron chi connectivity index (χ4n) is 1.51. The molecular formula is C17H32O3. The van der Waals surface area contributed by atoms with Gasteiger partial charge in [-0.25, -0.2) is 0 Å². The van der Waals surface area contributed by atoms with Crippen LogP contribution in [0, 0.1) is 23.7 Å². The lowest BCUT2D eigenvalue weighted by molar-refractivity contribution is -0.0378. The standard InChI is InChI=1S/C17H32O3/c1-8-12-19-16(6,14(2)3)9-10-17(7,15(4)5)20-13-11-18/h14-15,18H,8,11-13H2,1-7H3. The smallest absolute Gasteiger partial charge is 0.128 e. The second-order valence-corrected chi connectivity index (χ2v) is 6.19. The highest BCUT2D eigenvalue weighted by molar-refractivity contribution is 5.22. The number of aliphatic hydroxyl groups excluding tert-OH is 1. The second-order valence-electron chi connectivity index (χ2n) is 6.19. The maximum absolute atomic E-state index is 8.95. The lowest BCUT2D eigenvalue weighted by Gasteiger charge is -2.32. The minimum absolute atomic E-state index is 0.0117. The van der Waals surface area contributed by atoms with E-state index in [1.807, 2.05) is 13.8 Å². The van der Waals surface area contributed by atoms with Gasteiger partial charge in [-0.2, -0.15) is 0 Å². The summed E-state index contributed by atoms with van der Waals surface area (Å²) in [5.41, 5.74) is -1.02. The zero-order valence-corrected chi connectivity index (χ0v) is 14.2. The second kappa shape index (κ2) is 8.67. The van der Waals surface area contributed by atoms with Gasteiger partial charge < -0.3 is 14.6 Å². The van der Waals surface area contributed by atoms with Crippen molar-refractivity contribution in [2.45, 2.75) is 66.1 Å². The van der Waals surface area contributed by atoms with E-state index >= 15 is 0 Å². The van der Waals surface area contributed by atoms with Gasteiger partial charge in [0.05, 0.1) is 13.2 Å². The van der Waals surface area contributed by atoms with Crippen LogP contribution in [0.1, 0.15) is 54.9 Å². The van der Waals surface area contributed by atoms with Crippen molar-refractivity contribution in [1.82, 2.24) is 0 Å². The molecule has 0 aromatic heterocycles. The summed E-state index contributed by atoms with van der Waals surface area (Å²) < 4.78 is 11.7. The fraction of sp³-hybridized carbons (Fsp3) is 0.882.